The number of nitrogens with zero attached hydrogens (tertiary/aromatic N) is 2. The summed E-state index contributed by atoms with van der Waals surface area (Å²) in [7, 11) is 0. The van der Waals surface area contributed by atoms with Gasteiger partial charge in [0.25, 0.3) is 0 Å². The molecular weight excluding hydrogens is 632 g/mol. The molecule has 0 saturated heterocycles. The van der Waals surface area contributed by atoms with Crippen molar-refractivity contribution in [2.24, 2.45) is 0 Å². The first-order chi connectivity index (χ1) is 16.8. The van der Waals surface area contributed by atoms with E-state index in [-0.39, 0.29) is 37.5 Å². The molecule has 0 spiro atoms. The topological polar surface area (TPSA) is 74.0 Å². The van der Waals surface area contributed by atoms with Gasteiger partial charge in [0.15, 0.2) is 5.78 Å². The number of aryl methyl sites for hydroxylation is 1. The van der Waals surface area contributed by atoms with Crippen molar-refractivity contribution in [2.75, 3.05) is 0 Å². The van der Waals surface area contributed by atoms with E-state index in [9.17, 15) is 14.4 Å². The van der Waals surface area contributed by atoms with Gasteiger partial charge in [-0.1, -0.05) is 46.8 Å². The van der Waals surface area contributed by atoms with E-state index in [1.165, 1.54) is 26.0 Å². The number of aliphatic hydroxyl groups is 1. The van der Waals surface area contributed by atoms with Gasteiger partial charge < -0.3 is 5.11 Å². The fourth-order valence-electron chi connectivity index (χ4n) is 4.11. The number of carbonyl (C=O) groups excluding carboxylic acids is 1. The summed E-state index contributed by atoms with van der Waals surface area (Å²) in [4.78, 5) is 14.5. The van der Waals surface area contributed by atoms with Crippen molar-refractivity contribution in [3.05, 3.63) is 102 Å². The number of fused-ring (bicyclic) bond motifs is 4. The van der Waals surface area contributed by atoms with Gasteiger partial charge >= 0.3 is 0 Å². The zero-order chi connectivity index (χ0) is 25.1. The molecule has 0 aliphatic carbocycles. The first-order valence-electron chi connectivity index (χ1n) is 11.0. The summed E-state index contributed by atoms with van der Waals surface area (Å²) in [5, 5.41) is 22.7. The standard InChI is InChI=1S/C25H14FN2.C5H8O2.Ir/c1-15-6-7-20-21-8-9-28-25(23(21)13-24(26)22(20)10-15)17-11-16-4-2-3-5-19(16)18(12-17)14-27;1-4(6)3-5(2)7;/h2-10,12-13H,1H3;3,6H,1-2H3;/q-1;;/b;4-3-;. The number of allylic oxidation sites excluding steroid dienone is 2. The van der Waals surface area contributed by atoms with Crippen molar-refractivity contribution < 1.29 is 34.4 Å². The molecule has 1 N–H and O–H groups in total. The van der Waals surface area contributed by atoms with Gasteiger partial charge in [0, 0.05) is 43.5 Å². The molecule has 0 amide bonds. The van der Waals surface area contributed by atoms with E-state index in [4.69, 9.17) is 5.11 Å². The van der Waals surface area contributed by atoms with Gasteiger partial charge in [0.2, 0.25) is 0 Å². The number of aromatic nitrogens is 1. The zero-order valence-electron chi connectivity index (χ0n) is 19.9. The minimum Gasteiger partial charge on any atom is -0.512 e. The molecule has 4 aromatic carbocycles. The average molecular weight is 654 g/mol. The molecule has 0 saturated carbocycles. The van der Waals surface area contributed by atoms with E-state index in [0.717, 1.165) is 27.1 Å². The number of rotatable bonds is 2. The van der Waals surface area contributed by atoms with Crippen molar-refractivity contribution in [3.63, 3.8) is 0 Å². The molecule has 4 nitrogen and oxygen atoms in total. The Kier molecular flexibility index (Phi) is 8.32. The summed E-state index contributed by atoms with van der Waals surface area (Å²) in [6.45, 7) is 4.80. The van der Waals surface area contributed by atoms with Crippen LogP contribution >= 0.6 is 0 Å². The second-order valence-corrected chi connectivity index (χ2v) is 8.31. The number of benzene rings is 4. The first kappa shape index (κ1) is 26.7. The van der Waals surface area contributed by atoms with Crippen molar-refractivity contribution in [1.82, 2.24) is 4.98 Å². The number of aliphatic hydroxyl groups excluding tert-OH is 1. The summed E-state index contributed by atoms with van der Waals surface area (Å²) < 4.78 is 14.9. The Balaban J connectivity index is 0.000000400. The minimum absolute atomic E-state index is 0. The molecule has 0 aliphatic heterocycles. The van der Waals surface area contributed by atoms with Crippen LogP contribution in [-0.4, -0.2) is 15.9 Å². The summed E-state index contributed by atoms with van der Waals surface area (Å²) >= 11 is 0. The second-order valence-electron chi connectivity index (χ2n) is 8.31. The summed E-state index contributed by atoms with van der Waals surface area (Å²) in [5.74, 6) is -0.339. The third-order valence-electron chi connectivity index (χ3n) is 5.55. The molecule has 0 aliphatic rings. The Morgan fingerprint density at radius 1 is 1.00 bits per heavy atom. The van der Waals surface area contributed by atoms with Crippen LogP contribution in [0.5, 0.6) is 0 Å². The Morgan fingerprint density at radius 2 is 1.72 bits per heavy atom. The van der Waals surface area contributed by atoms with Gasteiger partial charge in [-0.25, -0.2) is 4.39 Å². The van der Waals surface area contributed by atoms with Crippen molar-refractivity contribution in [3.8, 4) is 17.3 Å². The number of halogens is 1. The van der Waals surface area contributed by atoms with E-state index >= 15 is 0 Å². The van der Waals surface area contributed by atoms with E-state index < -0.39 is 0 Å². The van der Waals surface area contributed by atoms with Crippen LogP contribution in [0, 0.1) is 30.1 Å². The summed E-state index contributed by atoms with van der Waals surface area (Å²) in [6, 6.07) is 24.3. The molecule has 36 heavy (non-hydrogen) atoms. The second kappa shape index (κ2) is 11.2. The Hall–Kier alpha value is -3.91. The van der Waals surface area contributed by atoms with Gasteiger partial charge in [0.05, 0.1) is 11.8 Å². The molecule has 6 heteroatoms. The van der Waals surface area contributed by atoms with Gasteiger partial charge in [0.1, 0.15) is 5.82 Å². The SMILES string of the molecule is CC(=O)/C=C(/C)O.Cc1ccc2c(c1)c(F)cc1c(-c3[c-]c4ccccc4c(C#N)c3)nccc12.[Ir]. The molecule has 181 valence electrons. The van der Waals surface area contributed by atoms with Crippen LogP contribution in [0.2, 0.25) is 0 Å². The number of nitriles is 1. The van der Waals surface area contributed by atoms with E-state index in [2.05, 4.69) is 17.1 Å². The molecule has 1 aromatic heterocycles. The van der Waals surface area contributed by atoms with Crippen LogP contribution in [-0.2, 0) is 24.9 Å². The van der Waals surface area contributed by atoms with Crippen molar-refractivity contribution >= 4 is 38.1 Å². The first-order valence-corrected chi connectivity index (χ1v) is 11.0. The third-order valence-corrected chi connectivity index (χ3v) is 5.55. The van der Waals surface area contributed by atoms with Gasteiger partial charge in [-0.15, -0.1) is 23.6 Å². The van der Waals surface area contributed by atoms with Crippen LogP contribution < -0.4 is 0 Å². The minimum atomic E-state index is -0.276. The smallest absolute Gasteiger partial charge is 0.155 e. The quantitative estimate of drug-likeness (QED) is 0.0936. The maximum atomic E-state index is 14.9. The van der Waals surface area contributed by atoms with Gasteiger partial charge in [-0.3, -0.25) is 9.78 Å². The third kappa shape index (κ3) is 5.49. The fraction of sp³-hybridized carbons (Fsp3) is 0.100. The monoisotopic (exact) mass is 654 g/mol. The molecule has 5 aromatic rings. The maximum Gasteiger partial charge on any atom is 0.155 e. The fourth-order valence-corrected chi connectivity index (χ4v) is 4.11. The molecule has 0 atom stereocenters. The normalized spacial score (nSPS) is 10.9. The van der Waals surface area contributed by atoms with Crippen molar-refractivity contribution in [1.29, 1.82) is 5.26 Å². The Labute approximate surface area is 222 Å². The van der Waals surface area contributed by atoms with Crippen LogP contribution in [0.15, 0.2) is 78.7 Å². The number of hydrogen-bond donors (Lipinski definition) is 1. The number of pyridine rings is 1. The van der Waals surface area contributed by atoms with Crippen LogP contribution in [0.25, 0.3) is 43.6 Å². The average Bonchev–Trinajstić information content (AvgIpc) is 2.82. The molecule has 0 bridgehead atoms. The predicted octanol–water partition coefficient (Wildman–Crippen LogP) is 7.36. The predicted molar refractivity (Wildman–Crippen MR) is 138 cm³/mol. The van der Waals surface area contributed by atoms with Crippen molar-refractivity contribution in [2.45, 2.75) is 20.8 Å². The maximum absolute atomic E-state index is 14.9. The Bertz CT molecular complexity index is 1680. The number of ketones is 1. The van der Waals surface area contributed by atoms with Crippen LogP contribution in [0.1, 0.15) is 25.0 Å². The molecule has 0 fully saturated rings. The molecule has 0 unspecified atom stereocenters. The number of hydrogen-bond acceptors (Lipinski definition) is 4. The van der Waals surface area contributed by atoms with Crippen LogP contribution in [0.4, 0.5) is 4.39 Å². The molecule has 5 rings (SSSR count). The Morgan fingerprint density at radius 3 is 2.39 bits per heavy atom. The van der Waals surface area contributed by atoms with E-state index in [1.807, 2.05) is 55.5 Å². The summed E-state index contributed by atoms with van der Waals surface area (Å²) in [5.41, 5.74) is 2.88. The van der Waals surface area contributed by atoms with Gasteiger partial charge in [-0.05, 0) is 60.7 Å². The zero-order valence-corrected chi connectivity index (χ0v) is 22.3. The molecule has 1 radical (unpaired) electrons. The summed E-state index contributed by atoms with van der Waals surface area (Å²) in [6.07, 6.45) is 2.89. The number of carbonyl (C=O) groups is 1. The molecular formula is C30H22FIrN2O2-. The van der Waals surface area contributed by atoms with Crippen LogP contribution in [0.3, 0.4) is 0 Å². The molecule has 1 heterocycles. The van der Waals surface area contributed by atoms with E-state index in [0.29, 0.717) is 27.6 Å². The van der Waals surface area contributed by atoms with Gasteiger partial charge in [-0.2, -0.15) is 5.26 Å². The van der Waals surface area contributed by atoms with E-state index in [1.54, 1.807) is 12.3 Å². The largest absolute Gasteiger partial charge is 0.512 e.